The van der Waals surface area contributed by atoms with E-state index in [2.05, 4.69) is 21.2 Å². The van der Waals surface area contributed by atoms with Gasteiger partial charge in [-0.05, 0) is 48.6 Å². The van der Waals surface area contributed by atoms with Gasteiger partial charge in [0.1, 0.15) is 5.69 Å². The number of carbonyl (C=O) groups excluding carboxylic acids is 1. The maximum Gasteiger partial charge on any atom is 0.286 e. The predicted molar refractivity (Wildman–Crippen MR) is 102 cm³/mol. The molecule has 0 spiro atoms. The second-order valence-electron chi connectivity index (χ2n) is 4.93. The van der Waals surface area contributed by atoms with Gasteiger partial charge in [0.2, 0.25) is 0 Å². The number of H-pyrrole nitrogens is 1. The number of fused-ring (bicyclic) bond motifs is 1. The largest absolute Gasteiger partial charge is 0.350 e. The highest BCUT2D eigenvalue weighted by Crippen LogP contribution is 2.21. The summed E-state index contributed by atoms with van der Waals surface area (Å²) in [6, 6.07) is 14.2. The Morgan fingerprint density at radius 1 is 1.04 bits per heavy atom. The van der Waals surface area contributed by atoms with Crippen LogP contribution in [0.5, 0.6) is 0 Å². The monoisotopic (exact) mass is 378 g/mol. The summed E-state index contributed by atoms with van der Waals surface area (Å²) in [4.78, 5) is 15.2. The molecule has 3 aromatic rings. The number of anilines is 1. The summed E-state index contributed by atoms with van der Waals surface area (Å²) in [5, 5.41) is 5.10. The lowest BCUT2D eigenvalue weighted by molar-refractivity contribution is 0.0940. The Morgan fingerprint density at radius 3 is 2.62 bits per heavy atom. The molecule has 0 unspecified atom stereocenters. The lowest BCUT2D eigenvalue weighted by Crippen LogP contribution is -2.43. The first-order chi connectivity index (χ1) is 11.5. The minimum Gasteiger partial charge on any atom is -0.350 e. The second-order valence-corrected chi connectivity index (χ2v) is 6.18. The van der Waals surface area contributed by atoms with Gasteiger partial charge in [0.15, 0.2) is 5.11 Å². The molecule has 0 bridgehead atoms. The van der Waals surface area contributed by atoms with Crippen molar-refractivity contribution in [2.75, 3.05) is 5.32 Å². The number of para-hydroxylation sites is 1. The molecule has 0 saturated carbocycles. The summed E-state index contributed by atoms with van der Waals surface area (Å²) in [7, 11) is 0. The van der Waals surface area contributed by atoms with Crippen LogP contribution in [0.15, 0.2) is 48.5 Å². The normalized spacial score (nSPS) is 10.4. The van der Waals surface area contributed by atoms with Crippen LogP contribution in [-0.4, -0.2) is 16.0 Å². The van der Waals surface area contributed by atoms with E-state index in [-0.39, 0.29) is 11.0 Å². The lowest BCUT2D eigenvalue weighted by atomic mass is 10.2. The third kappa shape index (κ3) is 3.79. The third-order valence-electron chi connectivity index (χ3n) is 3.24. The first-order valence-corrected chi connectivity index (χ1v) is 8.09. The van der Waals surface area contributed by atoms with Gasteiger partial charge in [-0.25, -0.2) is 0 Å². The van der Waals surface area contributed by atoms with Crippen LogP contribution < -0.4 is 16.2 Å². The summed E-state index contributed by atoms with van der Waals surface area (Å²) in [5.74, 6) is -0.356. The van der Waals surface area contributed by atoms with Crippen LogP contribution in [0.1, 0.15) is 10.5 Å². The molecule has 5 nitrogen and oxygen atoms in total. The van der Waals surface area contributed by atoms with E-state index < -0.39 is 0 Å². The molecule has 1 amide bonds. The standard InChI is InChI=1S/C16H12Cl2N4OS/c17-10-5-6-12-9(7-10)8-14(19-12)15(23)21-22-16(24)20-13-4-2-1-3-11(13)18/h1-8,19H,(H,21,23)(H2,20,22,24). The van der Waals surface area contributed by atoms with Crippen molar-refractivity contribution in [1.82, 2.24) is 15.8 Å². The van der Waals surface area contributed by atoms with Crippen molar-refractivity contribution in [3.05, 3.63) is 64.3 Å². The number of hydrogen-bond acceptors (Lipinski definition) is 2. The molecule has 1 heterocycles. The maximum absolute atomic E-state index is 12.2. The van der Waals surface area contributed by atoms with Crippen molar-refractivity contribution in [3.8, 4) is 0 Å². The average Bonchev–Trinajstić information content (AvgIpc) is 2.98. The van der Waals surface area contributed by atoms with Gasteiger partial charge < -0.3 is 10.3 Å². The molecule has 4 N–H and O–H groups in total. The summed E-state index contributed by atoms with van der Waals surface area (Å²) >= 11 is 17.1. The molecule has 1 aromatic heterocycles. The van der Waals surface area contributed by atoms with Gasteiger partial charge in [-0.3, -0.25) is 15.6 Å². The van der Waals surface area contributed by atoms with Gasteiger partial charge in [0.05, 0.1) is 10.7 Å². The Bertz CT molecular complexity index is 925. The van der Waals surface area contributed by atoms with E-state index in [0.717, 1.165) is 10.9 Å². The Hall–Kier alpha value is -2.28. The molecule has 0 radical (unpaired) electrons. The fraction of sp³-hybridized carbons (Fsp3) is 0. The second kappa shape index (κ2) is 7.09. The van der Waals surface area contributed by atoms with E-state index in [4.69, 9.17) is 35.4 Å². The number of rotatable bonds is 2. The van der Waals surface area contributed by atoms with Crippen molar-refractivity contribution in [2.45, 2.75) is 0 Å². The van der Waals surface area contributed by atoms with Crippen molar-refractivity contribution in [2.24, 2.45) is 0 Å². The van der Waals surface area contributed by atoms with Crippen LogP contribution in [0.2, 0.25) is 10.0 Å². The highest BCUT2D eigenvalue weighted by Gasteiger charge is 2.10. The molecule has 0 fully saturated rings. The number of benzene rings is 2. The number of halogens is 2. The van der Waals surface area contributed by atoms with Gasteiger partial charge in [-0.15, -0.1) is 0 Å². The number of amides is 1. The fourth-order valence-corrected chi connectivity index (χ4v) is 2.65. The minimum atomic E-state index is -0.356. The Balaban J connectivity index is 1.62. The number of thiocarbonyl (C=S) groups is 1. The van der Waals surface area contributed by atoms with E-state index in [1.54, 1.807) is 30.3 Å². The van der Waals surface area contributed by atoms with E-state index in [9.17, 15) is 4.79 Å². The summed E-state index contributed by atoms with van der Waals surface area (Å²) < 4.78 is 0. The number of hydrogen-bond donors (Lipinski definition) is 4. The molecular formula is C16H12Cl2N4OS. The molecule has 8 heteroatoms. The summed E-state index contributed by atoms with van der Waals surface area (Å²) in [6.07, 6.45) is 0. The molecule has 122 valence electrons. The molecule has 0 saturated heterocycles. The van der Waals surface area contributed by atoms with E-state index in [1.807, 2.05) is 18.2 Å². The Kier molecular flexibility index (Phi) is 4.89. The van der Waals surface area contributed by atoms with Crippen molar-refractivity contribution in [1.29, 1.82) is 0 Å². The van der Waals surface area contributed by atoms with Crippen LogP contribution in [0.3, 0.4) is 0 Å². The van der Waals surface area contributed by atoms with Crippen LogP contribution in [-0.2, 0) is 0 Å². The molecule has 3 rings (SSSR count). The number of aromatic amines is 1. The quantitative estimate of drug-likeness (QED) is 0.400. The van der Waals surface area contributed by atoms with Crippen LogP contribution in [0.4, 0.5) is 5.69 Å². The van der Waals surface area contributed by atoms with Gasteiger partial charge in [-0.2, -0.15) is 0 Å². The van der Waals surface area contributed by atoms with Crippen molar-refractivity contribution < 1.29 is 4.79 Å². The molecule has 2 aromatic carbocycles. The SMILES string of the molecule is O=C(NNC(=S)Nc1ccccc1Cl)c1cc2cc(Cl)ccc2[nH]1. The average molecular weight is 379 g/mol. The Labute approximate surface area is 153 Å². The van der Waals surface area contributed by atoms with Gasteiger partial charge in [0.25, 0.3) is 5.91 Å². The smallest absolute Gasteiger partial charge is 0.286 e. The van der Waals surface area contributed by atoms with Crippen molar-refractivity contribution in [3.63, 3.8) is 0 Å². The zero-order chi connectivity index (χ0) is 17.1. The maximum atomic E-state index is 12.2. The highest BCUT2D eigenvalue weighted by atomic mass is 35.5. The van der Waals surface area contributed by atoms with E-state index in [1.165, 1.54) is 0 Å². The fourth-order valence-electron chi connectivity index (χ4n) is 2.12. The van der Waals surface area contributed by atoms with Gasteiger partial charge in [-0.1, -0.05) is 35.3 Å². The van der Waals surface area contributed by atoms with E-state index >= 15 is 0 Å². The number of aromatic nitrogens is 1. The summed E-state index contributed by atoms with van der Waals surface area (Å²) in [5.41, 5.74) is 7.00. The predicted octanol–water partition coefficient (Wildman–Crippen LogP) is 4.11. The first kappa shape index (κ1) is 16.6. The number of hydrazine groups is 1. The molecule has 0 aliphatic carbocycles. The van der Waals surface area contributed by atoms with Crippen LogP contribution in [0.25, 0.3) is 10.9 Å². The van der Waals surface area contributed by atoms with Crippen LogP contribution >= 0.6 is 35.4 Å². The first-order valence-electron chi connectivity index (χ1n) is 6.93. The highest BCUT2D eigenvalue weighted by molar-refractivity contribution is 7.80. The topological polar surface area (TPSA) is 69.0 Å². The minimum absolute atomic E-state index is 0.218. The molecule has 0 aliphatic rings. The van der Waals surface area contributed by atoms with E-state index in [0.29, 0.717) is 21.4 Å². The van der Waals surface area contributed by atoms with Gasteiger partial charge >= 0.3 is 0 Å². The lowest BCUT2D eigenvalue weighted by Gasteiger charge is -2.11. The van der Waals surface area contributed by atoms with Crippen molar-refractivity contribution >= 4 is 63.0 Å². The zero-order valence-electron chi connectivity index (χ0n) is 12.2. The zero-order valence-corrected chi connectivity index (χ0v) is 14.5. The Morgan fingerprint density at radius 2 is 1.83 bits per heavy atom. The number of carbonyl (C=O) groups is 1. The molecule has 24 heavy (non-hydrogen) atoms. The third-order valence-corrected chi connectivity index (χ3v) is 4.01. The van der Waals surface area contributed by atoms with Gasteiger partial charge in [0, 0.05) is 15.9 Å². The molecular weight excluding hydrogens is 367 g/mol. The van der Waals surface area contributed by atoms with Crippen LogP contribution in [0, 0.1) is 0 Å². The number of nitrogens with one attached hydrogen (secondary N) is 4. The molecule has 0 aliphatic heterocycles. The summed E-state index contributed by atoms with van der Waals surface area (Å²) in [6.45, 7) is 0. The molecule has 0 atom stereocenters.